The molecular formula is C18H51I6O9-. The zero-order valence-electron chi connectivity index (χ0n) is 11.7. The Hall–Kier alpha value is 2.67. The molecule has 0 spiro atoms. The van der Waals surface area contributed by atoms with Gasteiger partial charge in [0.15, 0.2) is 6.10 Å². The Morgan fingerprint density at radius 1 is 0.636 bits per heavy atom. The van der Waals surface area contributed by atoms with E-state index in [0.717, 1.165) is 0 Å². The third-order valence-electron chi connectivity index (χ3n) is 1.55. The second-order valence-corrected chi connectivity index (χ2v) is 19.3. The maximum atomic E-state index is 10.8. The van der Waals surface area contributed by atoms with E-state index in [1.54, 1.807) is 0 Å². The van der Waals surface area contributed by atoms with E-state index in [2.05, 4.69) is 88.7 Å². The van der Waals surface area contributed by atoms with Crippen LogP contribution in [-0.2, 0) is 28.6 Å². The number of ether oxygens (including phenoxy) is 3. The predicted octanol–water partition coefficient (Wildman–Crippen LogP) is 3.85. The standard InChI is InChI=1S/C9H14O9.9CH4.I3.I2.HI/c10-1-7(13)16-4-6(18-9(15)3-12)5-17-8(14)2-11;;;;;;;;;;1-3-2;1-2;/h6,10-12H,1-5H2;9*1H4;;;1H/q;;;;;;;;;;-1;;. The van der Waals surface area contributed by atoms with Crippen molar-refractivity contribution in [1.82, 2.24) is 0 Å². The van der Waals surface area contributed by atoms with Gasteiger partial charge in [-0.2, -0.15) is 0 Å². The van der Waals surface area contributed by atoms with E-state index in [1.165, 1.54) is 0 Å². The Kier molecular flexibility index (Phi) is 177. The van der Waals surface area contributed by atoms with Crippen LogP contribution in [0.3, 0.4) is 0 Å². The first-order chi connectivity index (χ1) is 10.9. The smallest absolute Gasteiger partial charge is 0.332 e. The molecule has 9 nitrogen and oxygen atoms in total. The molecule has 0 aliphatic rings. The summed E-state index contributed by atoms with van der Waals surface area (Å²) >= 11 is 9.54. The van der Waals surface area contributed by atoms with Crippen molar-refractivity contribution >= 4 is 116 Å². The number of rotatable bonds is 8. The molecule has 0 aromatic carbocycles. The third kappa shape index (κ3) is 72.0. The van der Waals surface area contributed by atoms with Crippen molar-refractivity contribution in [1.29, 1.82) is 0 Å². The van der Waals surface area contributed by atoms with Crippen molar-refractivity contribution in [3.8, 4) is 0 Å². The van der Waals surface area contributed by atoms with Crippen LogP contribution in [0.15, 0.2) is 0 Å². The zero-order chi connectivity index (χ0) is 18.7. The number of hydrogen-bond acceptors (Lipinski definition) is 9. The van der Waals surface area contributed by atoms with Gasteiger partial charge in [0.05, 0.1) is 0 Å². The number of carbonyl (C=O) groups is 3. The molecule has 0 radical (unpaired) electrons. The molecule has 3 N–H and O–H groups in total. The van der Waals surface area contributed by atoms with Crippen LogP contribution < -0.4 is 13.3 Å². The summed E-state index contributed by atoms with van der Waals surface area (Å²) in [6.45, 7) is -3.50. The molecular weight excluding hydrogens is 1120 g/mol. The molecule has 0 heterocycles. The van der Waals surface area contributed by atoms with Crippen LogP contribution in [0.2, 0.25) is 0 Å². The summed E-state index contributed by atoms with van der Waals surface area (Å²) in [6.07, 6.45) is -1.13. The summed E-state index contributed by atoms with van der Waals surface area (Å²) in [5.41, 5.74) is 0. The second kappa shape index (κ2) is 70.2. The minimum absolute atomic E-state index is 0. The van der Waals surface area contributed by atoms with Crippen LogP contribution in [0.5, 0.6) is 0 Å². The summed E-state index contributed by atoms with van der Waals surface area (Å²) < 4.78 is 13.5. The number of aliphatic hydroxyl groups is 3. The van der Waals surface area contributed by atoms with E-state index in [-0.39, 0.29) is 90.8 Å². The Morgan fingerprint density at radius 2 is 0.848 bits per heavy atom. The average Bonchev–Trinajstić information content (AvgIpc) is 2.58. The molecule has 0 saturated carbocycles. The number of halogens is 6. The average molecular weight is 1170 g/mol. The van der Waals surface area contributed by atoms with Crippen LogP contribution in [0.25, 0.3) is 0 Å². The molecule has 0 unspecified atom stereocenters. The molecule has 0 fully saturated rings. The molecule has 220 valence electrons. The van der Waals surface area contributed by atoms with Gasteiger partial charge in [-0.25, -0.2) is 14.4 Å². The predicted molar refractivity (Wildman–Crippen MR) is 185 cm³/mol. The normalized spacial score (nSPS) is 6.30. The van der Waals surface area contributed by atoms with Crippen molar-refractivity contribution < 1.29 is 57.2 Å². The minimum Gasteiger partial charge on any atom is -0.460 e. The molecule has 0 aromatic heterocycles. The van der Waals surface area contributed by atoms with Gasteiger partial charge in [0.2, 0.25) is 0 Å². The first kappa shape index (κ1) is 83.4. The van der Waals surface area contributed by atoms with Crippen LogP contribution in [0, 0.1) is 0 Å². The van der Waals surface area contributed by atoms with E-state index in [1.807, 2.05) is 0 Å². The summed E-state index contributed by atoms with van der Waals surface area (Å²) in [4.78, 5) is 32.1. The Labute approximate surface area is 275 Å². The van der Waals surface area contributed by atoms with E-state index in [4.69, 9.17) is 15.3 Å². The van der Waals surface area contributed by atoms with Gasteiger partial charge in [0.25, 0.3) is 0 Å². The van der Waals surface area contributed by atoms with Gasteiger partial charge in [-0.1, -0.05) is 66.8 Å². The Morgan fingerprint density at radius 3 is 1.03 bits per heavy atom. The molecule has 0 bridgehead atoms. The molecule has 0 rings (SSSR count). The summed E-state index contributed by atoms with van der Waals surface area (Å²) in [5, 5.41) is 25.2. The van der Waals surface area contributed by atoms with Gasteiger partial charge in [0.1, 0.15) is 33.0 Å². The molecule has 0 aromatic rings. The van der Waals surface area contributed by atoms with E-state index < -0.39 is 57.0 Å². The Bertz CT molecular complexity index is 310. The number of aliphatic hydroxyl groups excluding tert-OH is 3. The number of hydrogen-bond donors (Lipinski definition) is 3. The fraction of sp³-hybridized carbons (Fsp3) is 0.833. The van der Waals surface area contributed by atoms with Gasteiger partial charge in [-0.3, -0.25) is 0 Å². The summed E-state index contributed by atoms with van der Waals surface area (Å²) in [6, 6.07) is 0. The maximum absolute atomic E-state index is 10.8. The molecule has 15 heteroatoms. The molecule has 0 atom stereocenters. The van der Waals surface area contributed by atoms with Gasteiger partial charge in [-0.05, 0) is 0 Å². The van der Waals surface area contributed by atoms with E-state index in [9.17, 15) is 14.4 Å². The zero-order valence-corrected chi connectivity index (χ0v) is 24.8. The SMILES string of the molecule is C.C.C.C.C.C.C.C.C.I.II.I[I-]I.O=C(CO)OCC(COC(=O)CO)OC(=O)CO. The number of carbonyl (C=O) groups excluding carboxylic acids is 3. The fourth-order valence-electron chi connectivity index (χ4n) is 0.802. The second-order valence-electron chi connectivity index (χ2n) is 3.01. The largest absolute Gasteiger partial charge is 0.460 e. The van der Waals surface area contributed by atoms with E-state index >= 15 is 0 Å². The summed E-state index contributed by atoms with van der Waals surface area (Å²) in [5.74, 6) is -2.90. The van der Waals surface area contributed by atoms with Crippen LogP contribution in [0.4, 0.5) is 0 Å². The summed E-state index contributed by atoms with van der Waals surface area (Å²) in [7, 11) is 0. The van der Waals surface area contributed by atoms with Crippen LogP contribution in [0.1, 0.15) is 66.8 Å². The maximum Gasteiger partial charge on any atom is 0.332 e. The van der Waals surface area contributed by atoms with Gasteiger partial charge < -0.3 is 29.5 Å². The molecule has 0 aliphatic heterocycles. The van der Waals surface area contributed by atoms with Crippen molar-refractivity contribution in [3.63, 3.8) is 0 Å². The fourth-order valence-corrected chi connectivity index (χ4v) is 0.802. The van der Waals surface area contributed by atoms with Crippen molar-refractivity contribution in [2.75, 3.05) is 33.0 Å². The molecule has 0 amide bonds. The van der Waals surface area contributed by atoms with Gasteiger partial charge in [-0.15, -0.1) is 24.0 Å². The van der Waals surface area contributed by atoms with E-state index in [0.29, 0.717) is 13.3 Å². The molecule has 0 aliphatic carbocycles. The Balaban J connectivity index is -0.0000000224. The third-order valence-corrected chi connectivity index (χ3v) is 1.55. The first-order valence-electron chi connectivity index (χ1n) is 5.29. The van der Waals surface area contributed by atoms with Crippen molar-refractivity contribution in [2.24, 2.45) is 0 Å². The number of esters is 3. The molecule has 0 saturated heterocycles. The van der Waals surface area contributed by atoms with Gasteiger partial charge >= 0.3 is 68.4 Å². The first-order valence-corrected chi connectivity index (χ1v) is 24.1. The monoisotopic (exact) mass is 1170 g/mol. The van der Waals surface area contributed by atoms with Crippen LogP contribution in [-0.4, -0.2) is 72.4 Å². The minimum atomic E-state index is -1.13. The van der Waals surface area contributed by atoms with Crippen LogP contribution >= 0.6 is 98.4 Å². The van der Waals surface area contributed by atoms with Gasteiger partial charge in [0, 0.05) is 37.2 Å². The van der Waals surface area contributed by atoms with Crippen molar-refractivity contribution in [3.05, 3.63) is 0 Å². The molecule has 33 heavy (non-hydrogen) atoms. The topological polar surface area (TPSA) is 140 Å². The van der Waals surface area contributed by atoms with Crippen molar-refractivity contribution in [2.45, 2.75) is 72.9 Å². The quantitative estimate of drug-likeness (QED) is 0.188.